The predicted octanol–water partition coefficient (Wildman–Crippen LogP) is 2.38. The minimum Gasteiger partial charge on any atom is -0.424 e. The maximum absolute atomic E-state index is 11.7. The average Bonchev–Trinajstić information content (AvgIpc) is 2.62. The lowest BCUT2D eigenvalue weighted by atomic mass is 10.1. The molecule has 1 aromatic carbocycles. The number of aromatic nitrogens is 2. The molecule has 24 heavy (non-hydrogen) atoms. The van der Waals surface area contributed by atoms with Gasteiger partial charge in [-0.15, -0.1) is 0 Å². The van der Waals surface area contributed by atoms with E-state index >= 15 is 0 Å². The Morgan fingerprint density at radius 3 is 2.67 bits per heavy atom. The van der Waals surface area contributed by atoms with E-state index in [-0.39, 0.29) is 11.9 Å². The van der Waals surface area contributed by atoms with Gasteiger partial charge in [-0.2, -0.15) is 5.26 Å². The number of nitrogens with two attached hydrogens (primary N) is 1. The molecule has 1 atom stereocenters. The van der Waals surface area contributed by atoms with Crippen molar-refractivity contribution < 1.29 is 9.53 Å². The van der Waals surface area contributed by atoms with Gasteiger partial charge in [0.15, 0.2) is 0 Å². The van der Waals surface area contributed by atoms with Crippen LogP contribution in [0, 0.1) is 11.3 Å². The van der Waals surface area contributed by atoms with Gasteiger partial charge in [-0.1, -0.05) is 13.8 Å². The molecule has 124 valence electrons. The number of carbonyl (C=O) groups excluding carboxylic acids is 1. The van der Waals surface area contributed by atoms with Crippen LogP contribution in [0.3, 0.4) is 0 Å². The van der Waals surface area contributed by atoms with Crippen LogP contribution in [0.5, 0.6) is 11.8 Å². The van der Waals surface area contributed by atoms with E-state index in [1.165, 1.54) is 12.4 Å². The zero-order valence-electron chi connectivity index (χ0n) is 13.6. The summed E-state index contributed by atoms with van der Waals surface area (Å²) in [6.07, 6.45) is 4.18. The van der Waals surface area contributed by atoms with Gasteiger partial charge in [-0.3, -0.25) is 4.79 Å². The van der Waals surface area contributed by atoms with Gasteiger partial charge in [0, 0.05) is 0 Å². The van der Waals surface area contributed by atoms with Crippen LogP contribution in [0.1, 0.15) is 31.4 Å². The summed E-state index contributed by atoms with van der Waals surface area (Å²) in [6.45, 7) is 3.81. The van der Waals surface area contributed by atoms with Crippen LogP contribution in [-0.2, 0) is 11.2 Å². The number of ether oxygens (including phenoxy) is 1. The van der Waals surface area contributed by atoms with Gasteiger partial charge < -0.3 is 15.8 Å². The van der Waals surface area contributed by atoms with Crippen LogP contribution in [0.4, 0.5) is 5.69 Å². The minimum atomic E-state index is -0.563. The molecule has 7 heteroatoms. The Kier molecular flexibility index (Phi) is 5.82. The van der Waals surface area contributed by atoms with Gasteiger partial charge in [-0.25, -0.2) is 9.97 Å². The van der Waals surface area contributed by atoms with E-state index in [0.717, 1.165) is 5.56 Å². The Morgan fingerprint density at radius 2 is 2.08 bits per heavy atom. The summed E-state index contributed by atoms with van der Waals surface area (Å²) in [7, 11) is 0. The van der Waals surface area contributed by atoms with Crippen molar-refractivity contribution in [3.63, 3.8) is 0 Å². The van der Waals surface area contributed by atoms with E-state index in [1.54, 1.807) is 18.2 Å². The molecule has 0 aliphatic carbocycles. The molecule has 0 aliphatic heterocycles. The number of carbonyl (C=O) groups is 1. The van der Waals surface area contributed by atoms with Crippen LogP contribution in [0.15, 0.2) is 30.6 Å². The molecule has 0 spiro atoms. The van der Waals surface area contributed by atoms with Crippen LogP contribution >= 0.6 is 0 Å². The summed E-state index contributed by atoms with van der Waals surface area (Å²) in [6, 6.07) is 6.86. The highest BCUT2D eigenvalue weighted by atomic mass is 16.5. The monoisotopic (exact) mass is 325 g/mol. The Balaban J connectivity index is 2.09. The number of nitrogens with zero attached hydrogens (tertiary/aromatic N) is 3. The van der Waals surface area contributed by atoms with Gasteiger partial charge in [0.1, 0.15) is 5.75 Å². The first-order chi connectivity index (χ1) is 11.6. The Bertz CT molecular complexity index is 753. The van der Waals surface area contributed by atoms with Crippen LogP contribution < -0.4 is 15.8 Å². The second-order valence-electron chi connectivity index (χ2n) is 5.15. The Labute approximate surface area is 140 Å². The SMILES string of the molecule is CCc1cc(C#N)ccc1Oc1ncc(NC(=O)C(N)CC)cn1. The van der Waals surface area contributed by atoms with Gasteiger partial charge >= 0.3 is 6.01 Å². The van der Waals surface area contributed by atoms with E-state index in [1.807, 2.05) is 13.8 Å². The second-order valence-corrected chi connectivity index (χ2v) is 5.15. The van der Waals surface area contributed by atoms with E-state index in [4.69, 9.17) is 15.7 Å². The number of hydrogen-bond acceptors (Lipinski definition) is 6. The van der Waals surface area contributed by atoms with Crippen molar-refractivity contribution in [2.24, 2.45) is 5.73 Å². The van der Waals surface area contributed by atoms with Crippen molar-refractivity contribution in [1.29, 1.82) is 5.26 Å². The van der Waals surface area contributed by atoms with E-state index in [0.29, 0.717) is 29.8 Å². The molecule has 1 amide bonds. The Morgan fingerprint density at radius 1 is 1.38 bits per heavy atom. The van der Waals surface area contributed by atoms with Gasteiger partial charge in [0.05, 0.1) is 35.8 Å². The molecule has 0 fully saturated rings. The van der Waals surface area contributed by atoms with E-state index < -0.39 is 6.04 Å². The second kappa shape index (κ2) is 8.04. The molecule has 2 aromatic rings. The number of nitriles is 1. The first-order valence-electron chi connectivity index (χ1n) is 7.66. The highest BCUT2D eigenvalue weighted by Crippen LogP contribution is 2.24. The first-order valence-corrected chi connectivity index (χ1v) is 7.66. The summed E-state index contributed by atoms with van der Waals surface area (Å²) in [4.78, 5) is 19.9. The lowest BCUT2D eigenvalue weighted by molar-refractivity contribution is -0.117. The van der Waals surface area contributed by atoms with Crippen molar-refractivity contribution >= 4 is 11.6 Å². The number of anilines is 1. The third-order valence-electron chi connectivity index (χ3n) is 3.44. The van der Waals surface area contributed by atoms with Gasteiger partial charge in [0.2, 0.25) is 5.91 Å². The number of rotatable bonds is 6. The maximum atomic E-state index is 11.7. The van der Waals surface area contributed by atoms with Crippen LogP contribution in [0.2, 0.25) is 0 Å². The average molecular weight is 325 g/mol. The smallest absolute Gasteiger partial charge is 0.322 e. The molecular weight excluding hydrogens is 306 g/mol. The zero-order chi connectivity index (χ0) is 17.5. The predicted molar refractivity (Wildman–Crippen MR) is 89.5 cm³/mol. The molecule has 0 radical (unpaired) electrons. The van der Waals surface area contributed by atoms with Crippen molar-refractivity contribution in [3.8, 4) is 17.8 Å². The van der Waals surface area contributed by atoms with Crippen molar-refractivity contribution in [3.05, 3.63) is 41.7 Å². The highest BCUT2D eigenvalue weighted by molar-refractivity contribution is 5.94. The quantitative estimate of drug-likeness (QED) is 0.843. The highest BCUT2D eigenvalue weighted by Gasteiger charge is 2.12. The number of aryl methyl sites for hydroxylation is 1. The van der Waals surface area contributed by atoms with Crippen molar-refractivity contribution in [2.75, 3.05) is 5.32 Å². The summed E-state index contributed by atoms with van der Waals surface area (Å²) < 4.78 is 5.66. The van der Waals surface area contributed by atoms with Crippen molar-refractivity contribution in [2.45, 2.75) is 32.7 Å². The molecule has 1 heterocycles. The summed E-state index contributed by atoms with van der Waals surface area (Å²) in [5.41, 5.74) is 7.57. The first kappa shape index (κ1) is 17.4. The lowest BCUT2D eigenvalue weighted by Gasteiger charge is -2.11. The van der Waals surface area contributed by atoms with E-state index in [9.17, 15) is 4.79 Å². The number of nitrogens with one attached hydrogen (secondary N) is 1. The summed E-state index contributed by atoms with van der Waals surface area (Å²) in [5.74, 6) is 0.316. The Hall–Kier alpha value is -2.98. The zero-order valence-corrected chi connectivity index (χ0v) is 13.6. The maximum Gasteiger partial charge on any atom is 0.322 e. The molecule has 7 nitrogen and oxygen atoms in total. The van der Waals surface area contributed by atoms with Crippen LogP contribution in [0.25, 0.3) is 0 Å². The number of amides is 1. The summed E-state index contributed by atoms with van der Waals surface area (Å²) >= 11 is 0. The number of benzene rings is 1. The molecule has 0 aliphatic rings. The van der Waals surface area contributed by atoms with Gasteiger partial charge in [-0.05, 0) is 36.6 Å². The lowest BCUT2D eigenvalue weighted by Crippen LogP contribution is -2.34. The standard InChI is InChI=1S/C17H19N5O2/c1-3-12-7-11(8-18)5-6-15(12)24-17-20-9-13(10-21-17)22-16(23)14(19)4-2/h5-7,9-10,14H,3-4,19H2,1-2H3,(H,22,23). The minimum absolute atomic E-state index is 0.159. The third kappa shape index (κ3) is 4.27. The summed E-state index contributed by atoms with van der Waals surface area (Å²) in [5, 5.41) is 11.6. The third-order valence-corrected chi connectivity index (χ3v) is 3.44. The molecular formula is C17H19N5O2. The molecule has 2 rings (SSSR count). The molecule has 1 aromatic heterocycles. The molecule has 3 N–H and O–H groups in total. The fourth-order valence-electron chi connectivity index (χ4n) is 1.98. The van der Waals surface area contributed by atoms with Crippen molar-refractivity contribution in [1.82, 2.24) is 9.97 Å². The van der Waals surface area contributed by atoms with E-state index in [2.05, 4.69) is 21.4 Å². The normalized spacial score (nSPS) is 11.4. The number of hydrogen-bond donors (Lipinski definition) is 2. The molecule has 0 saturated carbocycles. The molecule has 0 saturated heterocycles. The largest absolute Gasteiger partial charge is 0.424 e. The molecule has 0 bridgehead atoms. The fraction of sp³-hybridized carbons (Fsp3) is 0.294. The fourth-order valence-corrected chi connectivity index (χ4v) is 1.98. The van der Waals surface area contributed by atoms with Crippen LogP contribution in [-0.4, -0.2) is 21.9 Å². The topological polar surface area (TPSA) is 114 Å². The molecule has 1 unspecified atom stereocenters. The van der Waals surface area contributed by atoms with Gasteiger partial charge in [0.25, 0.3) is 0 Å².